The van der Waals surface area contributed by atoms with Crippen LogP contribution in [0.25, 0.3) is 0 Å². The summed E-state index contributed by atoms with van der Waals surface area (Å²) in [5.41, 5.74) is 1.83. The Balaban J connectivity index is 1.38. The predicted octanol–water partition coefficient (Wildman–Crippen LogP) is 4.04. The molecule has 4 bridgehead atoms. The molecule has 7 heteroatoms. The van der Waals surface area contributed by atoms with Crippen LogP contribution in [0.5, 0.6) is 0 Å². The van der Waals surface area contributed by atoms with Crippen LogP contribution < -0.4 is 4.90 Å². The van der Waals surface area contributed by atoms with Crippen molar-refractivity contribution >= 4 is 21.8 Å². The van der Waals surface area contributed by atoms with Gasteiger partial charge in [0.1, 0.15) is 0 Å². The highest BCUT2D eigenvalue weighted by atomic mass is 32.2. The Morgan fingerprint density at radius 3 is 2.40 bits per heavy atom. The van der Waals surface area contributed by atoms with Gasteiger partial charge >= 0.3 is 6.09 Å². The van der Waals surface area contributed by atoms with Gasteiger partial charge in [0, 0.05) is 20.1 Å². The van der Waals surface area contributed by atoms with E-state index in [2.05, 4.69) is 0 Å². The summed E-state index contributed by atoms with van der Waals surface area (Å²) in [5, 5.41) is 0. The number of fused-ring (bicyclic) bond motifs is 1. The molecule has 1 aliphatic heterocycles. The van der Waals surface area contributed by atoms with Gasteiger partial charge in [0.15, 0.2) is 0 Å². The molecule has 30 heavy (non-hydrogen) atoms. The molecule has 0 N–H and O–H groups in total. The number of aryl methyl sites for hydroxylation is 1. The minimum Gasteiger partial charge on any atom is -0.452 e. The molecular weight excluding hydrogens is 400 g/mol. The van der Waals surface area contributed by atoms with E-state index in [1.54, 1.807) is 34.5 Å². The lowest BCUT2D eigenvalue weighted by atomic mass is 9.49. The molecule has 1 heterocycles. The minimum atomic E-state index is -3.56. The molecule has 1 amide bonds. The van der Waals surface area contributed by atoms with Gasteiger partial charge in [0.2, 0.25) is 10.0 Å². The van der Waals surface area contributed by atoms with Gasteiger partial charge in [-0.15, -0.1) is 0 Å². The number of sulfonamides is 1. The van der Waals surface area contributed by atoms with Crippen molar-refractivity contribution in [3.05, 3.63) is 23.8 Å². The lowest BCUT2D eigenvalue weighted by Crippen LogP contribution is -2.51. The van der Waals surface area contributed by atoms with Crippen molar-refractivity contribution < 1.29 is 17.9 Å². The Labute approximate surface area is 179 Å². The van der Waals surface area contributed by atoms with Crippen LogP contribution in [0, 0.1) is 23.2 Å². The molecular formula is C23H32N2O4S. The van der Waals surface area contributed by atoms with Crippen molar-refractivity contribution in [1.82, 2.24) is 4.31 Å². The van der Waals surface area contributed by atoms with Crippen LogP contribution in [0.4, 0.5) is 10.5 Å². The van der Waals surface area contributed by atoms with Crippen LogP contribution in [0.15, 0.2) is 23.1 Å². The lowest BCUT2D eigenvalue weighted by Gasteiger charge is -2.57. The smallest absolute Gasteiger partial charge is 0.414 e. The first-order chi connectivity index (χ1) is 14.3. The number of amides is 1. The molecule has 4 fully saturated rings. The Morgan fingerprint density at radius 1 is 1.17 bits per heavy atom. The highest BCUT2D eigenvalue weighted by Crippen LogP contribution is 2.60. The maximum atomic E-state index is 13.4. The van der Waals surface area contributed by atoms with Crippen molar-refractivity contribution in [2.75, 3.05) is 32.1 Å². The van der Waals surface area contributed by atoms with Gasteiger partial charge < -0.3 is 4.74 Å². The first-order valence-corrected chi connectivity index (χ1v) is 12.7. The number of hydrogen-bond donors (Lipinski definition) is 0. The second-order valence-electron chi connectivity index (χ2n) is 10.2. The highest BCUT2D eigenvalue weighted by Gasteiger charge is 2.51. The van der Waals surface area contributed by atoms with Crippen LogP contribution in [0.1, 0.15) is 50.5 Å². The number of anilines is 1. The van der Waals surface area contributed by atoms with Gasteiger partial charge in [-0.1, -0.05) is 0 Å². The van der Waals surface area contributed by atoms with E-state index < -0.39 is 16.1 Å². The second-order valence-corrected chi connectivity index (χ2v) is 12.2. The third-order valence-electron chi connectivity index (χ3n) is 8.00. The Hall–Kier alpha value is -1.60. The van der Waals surface area contributed by atoms with Gasteiger partial charge in [-0.05, 0) is 98.3 Å². The summed E-state index contributed by atoms with van der Waals surface area (Å²) in [6.07, 6.45) is 8.82. The topological polar surface area (TPSA) is 66.9 Å². The van der Waals surface area contributed by atoms with Crippen LogP contribution >= 0.6 is 0 Å². The molecule has 5 aliphatic rings. The van der Waals surface area contributed by atoms with E-state index in [0.29, 0.717) is 18.0 Å². The zero-order valence-electron chi connectivity index (χ0n) is 18.0. The summed E-state index contributed by atoms with van der Waals surface area (Å²) < 4.78 is 33.3. The average molecular weight is 433 g/mol. The quantitative estimate of drug-likeness (QED) is 0.720. The molecule has 164 valence electrons. The fraction of sp³-hybridized carbons (Fsp3) is 0.696. The lowest BCUT2D eigenvalue weighted by molar-refractivity contribution is -0.0583. The highest BCUT2D eigenvalue weighted by molar-refractivity contribution is 7.89. The molecule has 4 aliphatic carbocycles. The molecule has 0 aromatic heterocycles. The number of methoxy groups -OCH3 is 1. The monoisotopic (exact) mass is 432 g/mol. The number of carbonyl (C=O) groups excluding carboxylic acids is 1. The number of hydrogen-bond acceptors (Lipinski definition) is 4. The first kappa shape index (κ1) is 20.3. The standard InChI is InChI=1S/C23H32N2O4S/c1-24(15-23-12-16-8-17(13-23)10-18(9-16)14-23)30(27,28)20-5-6-21-19(11-20)4-3-7-25(21)22(26)29-2/h5-6,11,16-18H,3-4,7-10,12-15H2,1-2H3. The third kappa shape index (κ3) is 3.34. The van der Waals surface area contributed by atoms with Gasteiger partial charge in [-0.25, -0.2) is 17.5 Å². The maximum Gasteiger partial charge on any atom is 0.414 e. The van der Waals surface area contributed by atoms with E-state index in [1.807, 2.05) is 0 Å². The average Bonchev–Trinajstić information content (AvgIpc) is 2.71. The fourth-order valence-electron chi connectivity index (χ4n) is 7.25. The van der Waals surface area contributed by atoms with E-state index in [9.17, 15) is 13.2 Å². The van der Waals surface area contributed by atoms with Crippen LogP contribution in [-0.2, 0) is 21.2 Å². The third-order valence-corrected chi connectivity index (χ3v) is 9.80. The molecule has 6 rings (SSSR count). The predicted molar refractivity (Wildman–Crippen MR) is 115 cm³/mol. The van der Waals surface area contributed by atoms with Crippen molar-refractivity contribution in [2.45, 2.75) is 56.3 Å². The van der Waals surface area contributed by atoms with Crippen LogP contribution in [-0.4, -0.2) is 46.1 Å². The van der Waals surface area contributed by atoms with E-state index in [4.69, 9.17) is 4.74 Å². The minimum absolute atomic E-state index is 0.173. The van der Waals surface area contributed by atoms with Crippen LogP contribution in [0.3, 0.4) is 0 Å². The summed E-state index contributed by atoms with van der Waals surface area (Å²) in [5.74, 6) is 2.42. The number of nitrogens with zero attached hydrogens (tertiary/aromatic N) is 2. The number of rotatable bonds is 4. The Morgan fingerprint density at radius 2 is 1.80 bits per heavy atom. The molecule has 0 radical (unpaired) electrons. The van der Waals surface area contributed by atoms with E-state index >= 15 is 0 Å². The van der Waals surface area contributed by atoms with E-state index in [1.165, 1.54) is 45.6 Å². The molecule has 1 aromatic carbocycles. The van der Waals surface area contributed by atoms with Crippen LogP contribution in [0.2, 0.25) is 0 Å². The zero-order valence-corrected chi connectivity index (χ0v) is 18.8. The van der Waals surface area contributed by atoms with E-state index in [0.717, 1.165) is 41.8 Å². The molecule has 6 nitrogen and oxygen atoms in total. The molecule has 0 atom stereocenters. The van der Waals surface area contributed by atoms with Gasteiger partial charge in [0.05, 0.1) is 17.7 Å². The molecule has 1 aromatic rings. The number of carbonyl (C=O) groups is 1. The first-order valence-electron chi connectivity index (χ1n) is 11.2. The van der Waals surface area contributed by atoms with Crippen molar-refractivity contribution in [1.29, 1.82) is 0 Å². The zero-order chi connectivity index (χ0) is 21.1. The SMILES string of the molecule is COC(=O)N1CCCc2cc(S(=O)(=O)N(C)CC34CC5CC(CC(C5)C3)C4)ccc21. The summed E-state index contributed by atoms with van der Waals surface area (Å²) in [4.78, 5) is 14.0. The van der Waals surface area contributed by atoms with Gasteiger partial charge in [0.25, 0.3) is 0 Å². The number of benzene rings is 1. The molecule has 0 unspecified atom stereocenters. The summed E-state index contributed by atoms with van der Waals surface area (Å²) in [6.45, 7) is 1.22. The molecule has 0 saturated heterocycles. The normalized spacial score (nSPS) is 32.4. The summed E-state index contributed by atoms with van der Waals surface area (Å²) in [6, 6.07) is 5.17. The van der Waals surface area contributed by atoms with Crippen molar-refractivity contribution in [3.8, 4) is 0 Å². The summed E-state index contributed by atoms with van der Waals surface area (Å²) in [7, 11) is -0.447. The van der Waals surface area contributed by atoms with E-state index in [-0.39, 0.29) is 5.41 Å². The van der Waals surface area contributed by atoms with Gasteiger partial charge in [-0.3, -0.25) is 4.90 Å². The molecule has 4 saturated carbocycles. The fourth-order valence-corrected chi connectivity index (χ4v) is 8.59. The second kappa shape index (κ2) is 7.23. The van der Waals surface area contributed by atoms with Crippen molar-refractivity contribution in [2.24, 2.45) is 23.2 Å². The Kier molecular flexibility index (Phi) is 4.89. The summed E-state index contributed by atoms with van der Waals surface area (Å²) >= 11 is 0. The maximum absolute atomic E-state index is 13.4. The molecule has 0 spiro atoms. The largest absolute Gasteiger partial charge is 0.452 e. The van der Waals surface area contributed by atoms with Crippen molar-refractivity contribution in [3.63, 3.8) is 0 Å². The van der Waals surface area contributed by atoms with Gasteiger partial charge in [-0.2, -0.15) is 0 Å². The number of ether oxygens (including phenoxy) is 1. The Bertz CT molecular complexity index is 923.